The Balaban J connectivity index is 2.52. The van der Waals surface area contributed by atoms with E-state index in [-0.39, 0.29) is 12.1 Å². The number of piperidine rings is 1. The highest BCUT2D eigenvalue weighted by molar-refractivity contribution is 7.87. The van der Waals surface area contributed by atoms with Gasteiger partial charge in [-0.25, -0.2) is 0 Å². The predicted molar refractivity (Wildman–Crippen MR) is 60.8 cm³/mol. The van der Waals surface area contributed by atoms with Gasteiger partial charge in [0.2, 0.25) is 0 Å². The first-order valence-electron chi connectivity index (χ1n) is 5.41. The standard InChI is InChI=1S/C9H21N3O2S/c1-7(2)11-15(13,14)12-9-4-5-10-6-8(9)3/h7-12H,4-6H2,1-3H3. The van der Waals surface area contributed by atoms with Crippen LogP contribution in [-0.2, 0) is 10.2 Å². The van der Waals surface area contributed by atoms with Crippen LogP contribution in [-0.4, -0.2) is 33.6 Å². The summed E-state index contributed by atoms with van der Waals surface area (Å²) in [6.45, 7) is 7.42. The maximum absolute atomic E-state index is 11.6. The van der Waals surface area contributed by atoms with E-state index in [0.29, 0.717) is 5.92 Å². The second-order valence-electron chi connectivity index (χ2n) is 4.47. The molecule has 0 aromatic carbocycles. The average molecular weight is 235 g/mol. The molecular formula is C9H21N3O2S. The van der Waals surface area contributed by atoms with E-state index in [2.05, 4.69) is 21.7 Å². The Bertz CT molecular complexity index is 290. The molecule has 5 nitrogen and oxygen atoms in total. The van der Waals surface area contributed by atoms with Crippen LogP contribution in [0.3, 0.4) is 0 Å². The molecule has 3 N–H and O–H groups in total. The largest absolute Gasteiger partial charge is 0.316 e. The molecule has 1 aliphatic heterocycles. The van der Waals surface area contributed by atoms with Gasteiger partial charge in [-0.05, 0) is 39.3 Å². The van der Waals surface area contributed by atoms with Crippen molar-refractivity contribution in [3.8, 4) is 0 Å². The molecule has 1 heterocycles. The summed E-state index contributed by atoms with van der Waals surface area (Å²) >= 11 is 0. The third kappa shape index (κ3) is 4.46. The molecule has 0 amide bonds. The van der Waals surface area contributed by atoms with Crippen molar-refractivity contribution < 1.29 is 8.42 Å². The van der Waals surface area contributed by atoms with Crippen LogP contribution in [0, 0.1) is 5.92 Å². The fraction of sp³-hybridized carbons (Fsp3) is 1.00. The zero-order chi connectivity index (χ0) is 11.5. The Morgan fingerprint density at radius 1 is 1.40 bits per heavy atom. The van der Waals surface area contributed by atoms with Gasteiger partial charge in [-0.2, -0.15) is 17.9 Å². The summed E-state index contributed by atoms with van der Waals surface area (Å²) in [6, 6.07) is -0.0259. The van der Waals surface area contributed by atoms with Crippen molar-refractivity contribution in [2.45, 2.75) is 39.3 Å². The van der Waals surface area contributed by atoms with Crippen LogP contribution in [0.4, 0.5) is 0 Å². The second-order valence-corrected chi connectivity index (χ2v) is 5.95. The molecule has 0 radical (unpaired) electrons. The van der Waals surface area contributed by atoms with Gasteiger partial charge in [0.25, 0.3) is 10.2 Å². The van der Waals surface area contributed by atoms with Gasteiger partial charge in [-0.15, -0.1) is 0 Å². The molecule has 1 saturated heterocycles. The highest BCUT2D eigenvalue weighted by Crippen LogP contribution is 2.10. The van der Waals surface area contributed by atoms with Gasteiger partial charge in [0, 0.05) is 12.1 Å². The minimum absolute atomic E-state index is 0.0440. The summed E-state index contributed by atoms with van der Waals surface area (Å²) in [5.41, 5.74) is 0. The number of nitrogens with one attached hydrogen (secondary N) is 3. The van der Waals surface area contributed by atoms with E-state index in [9.17, 15) is 8.42 Å². The van der Waals surface area contributed by atoms with Gasteiger partial charge >= 0.3 is 0 Å². The third-order valence-corrected chi connectivity index (χ3v) is 3.88. The Morgan fingerprint density at radius 3 is 2.60 bits per heavy atom. The second kappa shape index (κ2) is 5.25. The van der Waals surface area contributed by atoms with Gasteiger partial charge in [-0.1, -0.05) is 6.92 Å². The summed E-state index contributed by atoms with van der Waals surface area (Å²) < 4.78 is 28.4. The quantitative estimate of drug-likeness (QED) is 0.633. The highest BCUT2D eigenvalue weighted by atomic mass is 32.2. The van der Waals surface area contributed by atoms with E-state index in [1.54, 1.807) is 0 Å². The van der Waals surface area contributed by atoms with Gasteiger partial charge in [-0.3, -0.25) is 0 Å². The monoisotopic (exact) mass is 235 g/mol. The molecule has 0 spiro atoms. The van der Waals surface area contributed by atoms with E-state index in [1.807, 2.05) is 13.8 Å². The lowest BCUT2D eigenvalue weighted by Crippen LogP contribution is -2.52. The molecule has 1 rings (SSSR count). The van der Waals surface area contributed by atoms with Crippen molar-refractivity contribution in [3.63, 3.8) is 0 Å². The van der Waals surface area contributed by atoms with Crippen LogP contribution >= 0.6 is 0 Å². The van der Waals surface area contributed by atoms with E-state index >= 15 is 0 Å². The minimum atomic E-state index is -3.34. The van der Waals surface area contributed by atoms with Crippen molar-refractivity contribution >= 4 is 10.2 Å². The topological polar surface area (TPSA) is 70.2 Å². The predicted octanol–water partition coefficient (Wildman–Crippen LogP) is -0.183. The van der Waals surface area contributed by atoms with Crippen LogP contribution in [0.2, 0.25) is 0 Å². The van der Waals surface area contributed by atoms with Gasteiger partial charge in [0.1, 0.15) is 0 Å². The van der Waals surface area contributed by atoms with E-state index in [4.69, 9.17) is 0 Å². The molecule has 1 aliphatic rings. The first kappa shape index (κ1) is 12.9. The molecule has 15 heavy (non-hydrogen) atoms. The molecular weight excluding hydrogens is 214 g/mol. The van der Waals surface area contributed by atoms with Crippen LogP contribution in [0.15, 0.2) is 0 Å². The first-order chi connectivity index (χ1) is 6.91. The molecule has 0 aromatic heterocycles. The maximum Gasteiger partial charge on any atom is 0.277 e. The summed E-state index contributed by atoms with van der Waals surface area (Å²) in [5.74, 6) is 0.336. The average Bonchev–Trinajstić information content (AvgIpc) is 2.06. The van der Waals surface area contributed by atoms with Crippen LogP contribution < -0.4 is 14.8 Å². The summed E-state index contributed by atoms with van der Waals surface area (Å²) in [7, 11) is -3.34. The molecule has 0 saturated carbocycles. The van der Waals surface area contributed by atoms with Gasteiger partial charge in [0.15, 0.2) is 0 Å². The number of hydrogen-bond donors (Lipinski definition) is 3. The zero-order valence-electron chi connectivity index (χ0n) is 9.58. The van der Waals surface area contributed by atoms with Crippen LogP contribution in [0.1, 0.15) is 27.2 Å². The summed E-state index contributed by atoms with van der Waals surface area (Å²) in [4.78, 5) is 0. The summed E-state index contributed by atoms with van der Waals surface area (Å²) in [6.07, 6.45) is 0.847. The molecule has 6 heteroatoms. The lowest BCUT2D eigenvalue weighted by molar-refractivity contribution is 0.326. The van der Waals surface area contributed by atoms with Crippen molar-refractivity contribution in [2.75, 3.05) is 13.1 Å². The smallest absolute Gasteiger partial charge is 0.277 e. The van der Waals surface area contributed by atoms with Gasteiger partial charge in [0.05, 0.1) is 0 Å². The fourth-order valence-corrected chi connectivity index (χ4v) is 3.17. The molecule has 0 aliphatic carbocycles. The summed E-state index contributed by atoms with van der Waals surface area (Å²) in [5, 5.41) is 3.24. The first-order valence-corrected chi connectivity index (χ1v) is 6.89. The maximum atomic E-state index is 11.6. The zero-order valence-corrected chi connectivity index (χ0v) is 10.4. The van der Waals surface area contributed by atoms with E-state index < -0.39 is 10.2 Å². The molecule has 2 atom stereocenters. The number of hydrogen-bond acceptors (Lipinski definition) is 3. The van der Waals surface area contributed by atoms with Crippen LogP contribution in [0.25, 0.3) is 0 Å². The normalized spacial score (nSPS) is 28.3. The Labute approximate surface area is 92.2 Å². The van der Waals surface area contributed by atoms with E-state index in [0.717, 1.165) is 19.5 Å². The SMILES string of the molecule is CC(C)NS(=O)(=O)NC1CCNCC1C. The van der Waals surface area contributed by atoms with Crippen molar-refractivity contribution in [2.24, 2.45) is 5.92 Å². The molecule has 2 unspecified atom stereocenters. The van der Waals surface area contributed by atoms with Gasteiger partial charge < -0.3 is 5.32 Å². The molecule has 0 aromatic rings. The lowest BCUT2D eigenvalue weighted by Gasteiger charge is -2.30. The lowest BCUT2D eigenvalue weighted by atomic mass is 9.97. The molecule has 0 bridgehead atoms. The Hall–Kier alpha value is -0.170. The number of rotatable bonds is 4. The van der Waals surface area contributed by atoms with Crippen molar-refractivity contribution in [3.05, 3.63) is 0 Å². The van der Waals surface area contributed by atoms with Crippen molar-refractivity contribution in [1.29, 1.82) is 0 Å². The third-order valence-electron chi connectivity index (χ3n) is 2.48. The van der Waals surface area contributed by atoms with Crippen molar-refractivity contribution in [1.82, 2.24) is 14.8 Å². The molecule has 90 valence electrons. The Morgan fingerprint density at radius 2 is 2.07 bits per heavy atom. The highest BCUT2D eigenvalue weighted by Gasteiger charge is 2.25. The van der Waals surface area contributed by atoms with Crippen LogP contribution in [0.5, 0.6) is 0 Å². The molecule has 1 fully saturated rings. The van der Waals surface area contributed by atoms with E-state index in [1.165, 1.54) is 0 Å². The Kier molecular flexibility index (Phi) is 4.51. The minimum Gasteiger partial charge on any atom is -0.316 e. The fourth-order valence-electron chi connectivity index (χ4n) is 1.73.